The van der Waals surface area contributed by atoms with Crippen molar-refractivity contribution in [2.24, 2.45) is 17.8 Å². The van der Waals surface area contributed by atoms with Crippen LogP contribution in [0.5, 0.6) is 0 Å². The van der Waals surface area contributed by atoms with Gasteiger partial charge < -0.3 is 15.6 Å². The summed E-state index contributed by atoms with van der Waals surface area (Å²) in [7, 11) is 3.51. The largest absolute Gasteiger partial charge is 0.370 e. The fourth-order valence-corrected chi connectivity index (χ4v) is 1.04. The number of rotatable bonds is 2. The lowest BCUT2D eigenvalue weighted by Gasteiger charge is -2.12. The van der Waals surface area contributed by atoms with E-state index in [1.54, 1.807) is 13.4 Å². The maximum atomic E-state index is 5.51. The van der Waals surface area contributed by atoms with Crippen molar-refractivity contribution in [3.8, 4) is 0 Å². The summed E-state index contributed by atoms with van der Waals surface area (Å²) in [5.41, 5.74) is 5.51. The number of nitrogens with zero attached hydrogens (tertiary/aromatic N) is 4. The number of nitrogens with two attached hydrogens (primary N) is 1. The molecule has 0 bridgehead atoms. The van der Waals surface area contributed by atoms with E-state index in [1.165, 1.54) is 0 Å². The van der Waals surface area contributed by atoms with Gasteiger partial charge in [-0.05, 0) is 6.92 Å². The molecule has 0 aliphatic heterocycles. The number of aromatic nitrogens is 3. The first kappa shape index (κ1) is 9.50. The van der Waals surface area contributed by atoms with Crippen LogP contribution >= 0.6 is 0 Å². The first-order chi connectivity index (χ1) is 6.15. The fraction of sp³-hybridized carbons (Fsp3) is 0.571. The molecule has 0 saturated heterocycles. The summed E-state index contributed by atoms with van der Waals surface area (Å²) in [6.45, 7) is 1.95. The van der Waals surface area contributed by atoms with Crippen LogP contribution in [-0.2, 0) is 7.05 Å². The van der Waals surface area contributed by atoms with Gasteiger partial charge in [0.1, 0.15) is 6.33 Å². The lowest BCUT2D eigenvalue weighted by Crippen LogP contribution is -2.34. The third-order valence-corrected chi connectivity index (χ3v) is 1.74. The smallest absolute Gasteiger partial charge is 0.188 e. The Morgan fingerprint density at radius 3 is 2.92 bits per heavy atom. The highest BCUT2D eigenvalue weighted by Crippen LogP contribution is 2.05. The van der Waals surface area contributed by atoms with Crippen molar-refractivity contribution in [3.05, 3.63) is 12.2 Å². The van der Waals surface area contributed by atoms with Gasteiger partial charge in [-0.2, -0.15) is 0 Å². The van der Waals surface area contributed by atoms with Crippen molar-refractivity contribution >= 4 is 5.96 Å². The highest BCUT2D eigenvalue weighted by molar-refractivity contribution is 5.77. The van der Waals surface area contributed by atoms with Crippen LogP contribution in [0.3, 0.4) is 0 Å². The summed E-state index contributed by atoms with van der Waals surface area (Å²) in [4.78, 5) is 3.79. The lowest BCUT2D eigenvalue weighted by molar-refractivity contribution is 0.622. The number of nitrogens with one attached hydrogen (secondary N) is 1. The predicted octanol–water partition coefficient (Wildman–Crippen LogP) is -0.590. The third-order valence-electron chi connectivity index (χ3n) is 1.74. The van der Waals surface area contributed by atoms with Gasteiger partial charge in [-0.1, -0.05) is 0 Å². The van der Waals surface area contributed by atoms with Gasteiger partial charge in [-0.3, -0.25) is 4.99 Å². The maximum Gasteiger partial charge on any atom is 0.188 e. The van der Waals surface area contributed by atoms with E-state index in [1.807, 2.05) is 18.5 Å². The van der Waals surface area contributed by atoms with Gasteiger partial charge in [-0.15, -0.1) is 10.2 Å². The van der Waals surface area contributed by atoms with Gasteiger partial charge >= 0.3 is 0 Å². The van der Waals surface area contributed by atoms with Crippen LogP contribution in [0.25, 0.3) is 0 Å². The lowest BCUT2D eigenvalue weighted by atomic mass is 10.3. The van der Waals surface area contributed by atoms with Crippen LogP contribution in [-0.4, -0.2) is 27.8 Å². The Bertz CT molecular complexity index is 302. The molecule has 0 radical (unpaired) electrons. The number of aliphatic imine (C=N–C) groups is 1. The van der Waals surface area contributed by atoms with Crippen LogP contribution in [0, 0.1) is 0 Å². The van der Waals surface area contributed by atoms with Crippen molar-refractivity contribution < 1.29 is 0 Å². The van der Waals surface area contributed by atoms with Crippen molar-refractivity contribution in [2.75, 3.05) is 7.05 Å². The second-order valence-electron chi connectivity index (χ2n) is 2.77. The quantitative estimate of drug-likeness (QED) is 0.473. The molecule has 0 aromatic carbocycles. The molecule has 1 rings (SSSR count). The topological polar surface area (TPSA) is 81.1 Å². The number of guanidine groups is 1. The van der Waals surface area contributed by atoms with Gasteiger partial charge in [0.25, 0.3) is 0 Å². The van der Waals surface area contributed by atoms with Crippen LogP contribution < -0.4 is 11.1 Å². The molecule has 1 aromatic rings. The molecule has 1 atom stereocenters. The highest BCUT2D eigenvalue weighted by Gasteiger charge is 2.10. The highest BCUT2D eigenvalue weighted by atomic mass is 15.3. The van der Waals surface area contributed by atoms with E-state index >= 15 is 0 Å². The molecule has 1 unspecified atom stereocenters. The fourth-order valence-electron chi connectivity index (χ4n) is 1.04. The summed E-state index contributed by atoms with van der Waals surface area (Å²) in [6, 6.07) is 0.0104. The molecule has 0 amide bonds. The molecule has 6 nitrogen and oxygen atoms in total. The average molecular weight is 182 g/mol. The normalized spacial score (nSPS) is 14.2. The Labute approximate surface area is 76.9 Å². The van der Waals surface area contributed by atoms with Gasteiger partial charge in [0.05, 0.1) is 6.04 Å². The second kappa shape index (κ2) is 3.88. The van der Waals surface area contributed by atoms with E-state index in [4.69, 9.17) is 5.73 Å². The van der Waals surface area contributed by atoms with E-state index in [-0.39, 0.29) is 6.04 Å². The van der Waals surface area contributed by atoms with E-state index < -0.39 is 0 Å². The summed E-state index contributed by atoms with van der Waals surface area (Å²) in [5.74, 6) is 1.22. The summed E-state index contributed by atoms with van der Waals surface area (Å²) < 4.78 is 1.83. The number of hydrogen-bond donors (Lipinski definition) is 2. The molecule has 3 N–H and O–H groups in total. The molecule has 6 heteroatoms. The van der Waals surface area contributed by atoms with Gasteiger partial charge in [-0.25, -0.2) is 0 Å². The number of aryl methyl sites for hydroxylation is 1. The molecule has 0 fully saturated rings. The zero-order valence-electron chi connectivity index (χ0n) is 8.02. The van der Waals surface area contributed by atoms with Crippen LogP contribution in [0.4, 0.5) is 0 Å². The van der Waals surface area contributed by atoms with E-state index in [2.05, 4.69) is 20.5 Å². The molecule has 0 aliphatic rings. The van der Waals surface area contributed by atoms with Crippen LogP contribution in [0.15, 0.2) is 11.3 Å². The van der Waals surface area contributed by atoms with E-state index in [0.29, 0.717) is 5.96 Å². The van der Waals surface area contributed by atoms with E-state index in [9.17, 15) is 0 Å². The second-order valence-corrected chi connectivity index (χ2v) is 2.77. The van der Waals surface area contributed by atoms with Crippen molar-refractivity contribution in [1.82, 2.24) is 20.1 Å². The molecule has 72 valence electrons. The Hall–Kier alpha value is -1.59. The summed E-state index contributed by atoms with van der Waals surface area (Å²) >= 11 is 0. The summed E-state index contributed by atoms with van der Waals surface area (Å²) in [5, 5.41) is 10.7. The first-order valence-corrected chi connectivity index (χ1v) is 3.98. The Morgan fingerprint density at radius 1 is 1.77 bits per heavy atom. The minimum absolute atomic E-state index is 0.0104. The molecule has 0 aliphatic carbocycles. The summed E-state index contributed by atoms with van der Waals surface area (Å²) in [6.07, 6.45) is 1.65. The Kier molecular flexibility index (Phi) is 2.84. The minimum Gasteiger partial charge on any atom is -0.370 e. The van der Waals surface area contributed by atoms with Crippen LogP contribution in [0.1, 0.15) is 18.8 Å². The van der Waals surface area contributed by atoms with Crippen molar-refractivity contribution in [2.45, 2.75) is 13.0 Å². The molecule has 1 heterocycles. The van der Waals surface area contributed by atoms with Crippen molar-refractivity contribution in [1.29, 1.82) is 0 Å². The Balaban J connectivity index is 2.69. The predicted molar refractivity (Wildman–Crippen MR) is 50.1 cm³/mol. The minimum atomic E-state index is 0.0104. The number of hydrogen-bond acceptors (Lipinski definition) is 3. The molecule has 0 spiro atoms. The van der Waals surface area contributed by atoms with E-state index in [0.717, 1.165) is 5.82 Å². The SMILES string of the molecule is CN=C(N)NC(C)c1nncn1C. The first-order valence-electron chi connectivity index (χ1n) is 3.98. The molecular weight excluding hydrogens is 168 g/mol. The average Bonchev–Trinajstić information content (AvgIpc) is 2.51. The molecule has 1 aromatic heterocycles. The molecule has 0 saturated carbocycles. The van der Waals surface area contributed by atoms with Gasteiger partial charge in [0, 0.05) is 14.1 Å². The monoisotopic (exact) mass is 182 g/mol. The van der Waals surface area contributed by atoms with Crippen LogP contribution in [0.2, 0.25) is 0 Å². The van der Waals surface area contributed by atoms with Gasteiger partial charge in [0.2, 0.25) is 0 Å². The Morgan fingerprint density at radius 2 is 2.46 bits per heavy atom. The third kappa shape index (κ3) is 2.17. The zero-order valence-corrected chi connectivity index (χ0v) is 8.02. The maximum absolute atomic E-state index is 5.51. The van der Waals surface area contributed by atoms with Crippen molar-refractivity contribution in [3.63, 3.8) is 0 Å². The molecule has 13 heavy (non-hydrogen) atoms. The molecular formula is C7H14N6. The van der Waals surface area contributed by atoms with Gasteiger partial charge in [0.15, 0.2) is 11.8 Å². The standard InChI is InChI=1S/C7H14N6/c1-5(11-7(8)9-2)6-12-10-4-13(6)3/h4-5H,1-3H3,(H3,8,9,11). The zero-order chi connectivity index (χ0) is 9.84.